The Balaban J connectivity index is 2.74. The molecule has 1 aromatic rings. The van der Waals surface area contributed by atoms with Crippen LogP contribution in [0.2, 0.25) is 0 Å². The molecule has 0 radical (unpaired) electrons. The number of rotatable bonds is 6. The lowest BCUT2D eigenvalue weighted by molar-refractivity contribution is 0.412. The van der Waals surface area contributed by atoms with Gasteiger partial charge in [0.05, 0.1) is 28.3 Å². The Hall–Kier alpha value is -0.270. The van der Waals surface area contributed by atoms with Crippen LogP contribution in [0.5, 0.6) is 5.75 Å². The van der Waals surface area contributed by atoms with E-state index in [0.29, 0.717) is 12.3 Å². The summed E-state index contributed by atoms with van der Waals surface area (Å²) in [6, 6.07) is 3.67. The average Bonchev–Trinajstić information content (AvgIpc) is 2.31. The number of benzene rings is 1. The van der Waals surface area contributed by atoms with Gasteiger partial charge in [0.25, 0.3) is 0 Å². The van der Waals surface area contributed by atoms with Gasteiger partial charge >= 0.3 is 0 Å². The predicted octanol–water partition coefficient (Wildman–Crippen LogP) is 3.46. The summed E-state index contributed by atoms with van der Waals surface area (Å²) >= 11 is 6.80. The van der Waals surface area contributed by atoms with Gasteiger partial charge in [-0.1, -0.05) is 0 Å². The van der Waals surface area contributed by atoms with Crippen molar-refractivity contribution < 1.29 is 13.2 Å². The second kappa shape index (κ2) is 6.95. The van der Waals surface area contributed by atoms with Gasteiger partial charge in [-0.15, -0.1) is 0 Å². The van der Waals surface area contributed by atoms with E-state index in [-0.39, 0.29) is 11.0 Å². The molecule has 0 unspecified atom stereocenters. The maximum atomic E-state index is 11.7. The van der Waals surface area contributed by atoms with Gasteiger partial charge in [-0.3, -0.25) is 0 Å². The number of anilines is 1. The maximum Gasteiger partial charge on any atom is 0.154 e. The van der Waals surface area contributed by atoms with Crippen molar-refractivity contribution in [3.05, 3.63) is 21.1 Å². The van der Waals surface area contributed by atoms with E-state index in [9.17, 15) is 8.42 Å². The summed E-state index contributed by atoms with van der Waals surface area (Å²) in [4.78, 5) is 0. The van der Waals surface area contributed by atoms with E-state index in [0.717, 1.165) is 14.6 Å². The highest BCUT2D eigenvalue weighted by atomic mass is 79.9. The minimum absolute atomic E-state index is 0.107. The topological polar surface area (TPSA) is 55.4 Å². The van der Waals surface area contributed by atoms with Crippen LogP contribution in [0.3, 0.4) is 0 Å². The van der Waals surface area contributed by atoms with Gasteiger partial charge in [0.1, 0.15) is 5.75 Å². The molecule has 0 aromatic heterocycles. The highest BCUT2D eigenvalue weighted by molar-refractivity contribution is 9.11. The van der Waals surface area contributed by atoms with Crippen LogP contribution in [0.15, 0.2) is 21.1 Å². The fourth-order valence-electron chi connectivity index (χ4n) is 1.38. The molecular weight excluding hydrogens is 398 g/mol. The van der Waals surface area contributed by atoms with E-state index in [2.05, 4.69) is 37.2 Å². The molecule has 4 nitrogen and oxygen atoms in total. The molecular formula is C12H17Br2NO3S. The normalized spacial score (nSPS) is 11.7. The third-order valence-corrected chi connectivity index (χ3v) is 6.15. The highest BCUT2D eigenvalue weighted by Gasteiger charge is 2.15. The molecule has 1 aromatic carbocycles. The van der Waals surface area contributed by atoms with Crippen molar-refractivity contribution in [2.75, 3.05) is 24.7 Å². The molecule has 7 heteroatoms. The molecule has 19 heavy (non-hydrogen) atoms. The number of hydrogen-bond acceptors (Lipinski definition) is 4. The van der Waals surface area contributed by atoms with Crippen LogP contribution in [0.1, 0.15) is 13.8 Å². The van der Waals surface area contributed by atoms with Crippen molar-refractivity contribution in [3.8, 4) is 5.75 Å². The smallest absolute Gasteiger partial charge is 0.154 e. The van der Waals surface area contributed by atoms with Crippen LogP contribution in [-0.2, 0) is 9.84 Å². The minimum Gasteiger partial charge on any atom is -0.495 e. The summed E-state index contributed by atoms with van der Waals surface area (Å²) in [6.07, 6.45) is 0. The average molecular weight is 415 g/mol. The van der Waals surface area contributed by atoms with E-state index in [1.807, 2.05) is 12.1 Å². The molecule has 108 valence electrons. The molecule has 1 N–H and O–H groups in total. The fraction of sp³-hybridized carbons (Fsp3) is 0.500. The van der Waals surface area contributed by atoms with Crippen molar-refractivity contribution >= 4 is 47.4 Å². The maximum absolute atomic E-state index is 11.7. The Labute approximate surface area is 131 Å². The first-order valence-electron chi connectivity index (χ1n) is 5.76. The summed E-state index contributed by atoms with van der Waals surface area (Å²) in [5, 5.41) is 2.75. The summed E-state index contributed by atoms with van der Waals surface area (Å²) in [7, 11) is -1.44. The van der Waals surface area contributed by atoms with Gasteiger partial charge < -0.3 is 10.1 Å². The number of sulfone groups is 1. The SMILES string of the molecule is COc1cc(NCCS(=O)(=O)C(C)C)c(Br)cc1Br. The van der Waals surface area contributed by atoms with Gasteiger partial charge in [-0.25, -0.2) is 8.42 Å². The minimum atomic E-state index is -3.02. The number of nitrogens with one attached hydrogen (secondary N) is 1. The number of hydrogen-bond donors (Lipinski definition) is 1. The zero-order valence-electron chi connectivity index (χ0n) is 11.0. The standard InChI is InChI=1S/C12H17Br2NO3S/c1-8(2)19(16,17)5-4-15-11-7-12(18-3)10(14)6-9(11)13/h6-8,15H,4-5H2,1-3H3. The largest absolute Gasteiger partial charge is 0.495 e. The quantitative estimate of drug-likeness (QED) is 0.774. The molecule has 0 bridgehead atoms. The molecule has 0 saturated heterocycles. The fourth-order valence-corrected chi connectivity index (χ4v) is 3.54. The van der Waals surface area contributed by atoms with Crippen molar-refractivity contribution in [1.82, 2.24) is 0 Å². The summed E-state index contributed by atoms with van der Waals surface area (Å²) in [5.41, 5.74) is 0.805. The van der Waals surface area contributed by atoms with Crippen LogP contribution in [0, 0.1) is 0 Å². The number of methoxy groups -OCH3 is 1. The van der Waals surface area contributed by atoms with Crippen molar-refractivity contribution in [2.45, 2.75) is 19.1 Å². The van der Waals surface area contributed by atoms with E-state index in [1.165, 1.54) is 0 Å². The molecule has 0 aliphatic rings. The summed E-state index contributed by atoms with van der Waals surface area (Å²) < 4.78 is 30.3. The Morgan fingerprint density at radius 3 is 2.42 bits per heavy atom. The van der Waals surface area contributed by atoms with Gasteiger partial charge in [0.2, 0.25) is 0 Å². The van der Waals surface area contributed by atoms with Crippen LogP contribution >= 0.6 is 31.9 Å². The van der Waals surface area contributed by atoms with Gasteiger partial charge in [-0.2, -0.15) is 0 Å². The first-order valence-corrected chi connectivity index (χ1v) is 9.06. The molecule has 1 rings (SSSR count). The van der Waals surface area contributed by atoms with Crippen molar-refractivity contribution in [2.24, 2.45) is 0 Å². The van der Waals surface area contributed by atoms with Crippen LogP contribution < -0.4 is 10.1 Å². The second-order valence-corrected chi connectivity index (χ2v) is 8.69. The Morgan fingerprint density at radius 2 is 1.89 bits per heavy atom. The first-order chi connectivity index (χ1) is 8.77. The highest BCUT2D eigenvalue weighted by Crippen LogP contribution is 2.34. The number of halogens is 2. The molecule has 0 spiro atoms. The lowest BCUT2D eigenvalue weighted by Crippen LogP contribution is -2.23. The monoisotopic (exact) mass is 413 g/mol. The third kappa shape index (κ3) is 4.65. The third-order valence-electron chi connectivity index (χ3n) is 2.66. The molecule has 0 fully saturated rings. The molecule has 0 saturated carbocycles. The zero-order valence-corrected chi connectivity index (χ0v) is 15.0. The van der Waals surface area contributed by atoms with E-state index in [1.54, 1.807) is 21.0 Å². The summed E-state index contributed by atoms with van der Waals surface area (Å²) in [6.45, 7) is 3.74. The van der Waals surface area contributed by atoms with Gasteiger partial charge in [0.15, 0.2) is 9.84 Å². The Bertz CT molecular complexity index is 544. The Morgan fingerprint density at radius 1 is 1.26 bits per heavy atom. The molecule has 0 atom stereocenters. The van der Waals surface area contributed by atoms with E-state index in [4.69, 9.17) is 4.74 Å². The predicted molar refractivity (Wildman–Crippen MR) is 85.8 cm³/mol. The van der Waals surface area contributed by atoms with E-state index >= 15 is 0 Å². The molecule has 0 amide bonds. The molecule has 0 aliphatic carbocycles. The van der Waals surface area contributed by atoms with Crippen LogP contribution in [0.25, 0.3) is 0 Å². The van der Waals surface area contributed by atoms with Gasteiger partial charge in [-0.05, 0) is 51.8 Å². The van der Waals surface area contributed by atoms with E-state index < -0.39 is 9.84 Å². The first kappa shape index (κ1) is 16.8. The van der Waals surface area contributed by atoms with Crippen molar-refractivity contribution in [3.63, 3.8) is 0 Å². The molecule has 0 aliphatic heterocycles. The molecule has 0 heterocycles. The van der Waals surface area contributed by atoms with Crippen LogP contribution in [-0.4, -0.2) is 33.1 Å². The second-order valence-electron chi connectivity index (χ2n) is 4.31. The van der Waals surface area contributed by atoms with Crippen molar-refractivity contribution in [1.29, 1.82) is 0 Å². The zero-order chi connectivity index (χ0) is 14.6. The lowest BCUT2D eigenvalue weighted by Gasteiger charge is -2.13. The van der Waals surface area contributed by atoms with Crippen LogP contribution in [0.4, 0.5) is 5.69 Å². The Kier molecular flexibility index (Phi) is 6.14. The lowest BCUT2D eigenvalue weighted by atomic mass is 10.3. The summed E-state index contributed by atoms with van der Waals surface area (Å²) in [5.74, 6) is 0.799. The van der Waals surface area contributed by atoms with Gasteiger partial charge in [0, 0.05) is 17.1 Å². The number of ether oxygens (including phenoxy) is 1.